The van der Waals surface area contributed by atoms with Crippen LogP contribution in [-0.2, 0) is 6.42 Å². The van der Waals surface area contributed by atoms with E-state index in [4.69, 9.17) is 14.7 Å². The fourth-order valence-electron chi connectivity index (χ4n) is 2.06. The number of ether oxygens (including phenoxy) is 1. The molecule has 0 spiro atoms. The fraction of sp³-hybridized carbons (Fsp3) is 0.308. The Kier molecular flexibility index (Phi) is 3.14. The number of benzene rings is 1. The Morgan fingerprint density at radius 2 is 2.06 bits per heavy atom. The van der Waals surface area contributed by atoms with Gasteiger partial charge in [-0.25, -0.2) is 4.79 Å². The van der Waals surface area contributed by atoms with E-state index in [9.17, 15) is 4.79 Å². The van der Waals surface area contributed by atoms with Gasteiger partial charge in [0, 0.05) is 5.39 Å². The van der Waals surface area contributed by atoms with Gasteiger partial charge in [0.05, 0.1) is 23.9 Å². The minimum Gasteiger partial charge on any atom is -0.496 e. The molecule has 96 valence electrons. The van der Waals surface area contributed by atoms with Gasteiger partial charge in [0.2, 0.25) is 0 Å². The maximum Gasteiger partial charge on any atom is 0.335 e. The Morgan fingerprint density at radius 3 is 2.56 bits per heavy atom. The van der Waals surface area contributed by atoms with Crippen LogP contribution in [0, 0.1) is 0 Å². The Labute approximate surface area is 104 Å². The van der Waals surface area contributed by atoms with Crippen molar-refractivity contribution in [2.75, 3.05) is 14.2 Å². The van der Waals surface area contributed by atoms with Crippen LogP contribution in [-0.4, -0.2) is 30.0 Å². The first-order valence-corrected chi connectivity index (χ1v) is 5.62. The number of nitrogens with zero attached hydrogens (tertiary/aromatic N) is 1. The number of rotatable bonds is 4. The number of hydrogen-bond acceptors (Lipinski definition) is 3. The summed E-state index contributed by atoms with van der Waals surface area (Å²) in [4.78, 5) is 16.4. The summed E-state index contributed by atoms with van der Waals surface area (Å²) in [6, 6.07) is 5.05. The van der Waals surface area contributed by atoms with E-state index in [1.165, 1.54) is 13.2 Å². The summed E-state index contributed by atoms with van der Waals surface area (Å²) in [5.41, 5.74) is 1.85. The summed E-state index contributed by atoms with van der Waals surface area (Å²) in [5, 5.41) is 9.93. The highest BCUT2D eigenvalue weighted by Crippen LogP contribution is 2.30. The number of aromatic nitrogens is 1. The van der Waals surface area contributed by atoms with Crippen molar-refractivity contribution in [2.45, 2.75) is 13.3 Å². The number of fused-ring (bicyclic) bond motifs is 1. The van der Waals surface area contributed by atoms with E-state index in [2.05, 4.69) is 0 Å². The normalized spacial score (nSPS) is 10.6. The molecule has 0 radical (unpaired) electrons. The van der Waals surface area contributed by atoms with E-state index in [1.54, 1.807) is 17.9 Å². The number of hydrogen-bond donors (Lipinski definition) is 1. The molecule has 1 aromatic carbocycles. The van der Waals surface area contributed by atoms with Crippen molar-refractivity contribution >= 4 is 16.9 Å². The third-order valence-electron chi connectivity index (χ3n) is 2.92. The standard InChI is InChI=1S/C13H15NO4/c1-4-9-7-10-11(14(9)18-3)5-8(13(15)16)6-12(10)17-2/h5-7H,4H2,1-3H3,(H,15,16). The topological polar surface area (TPSA) is 60.7 Å². The van der Waals surface area contributed by atoms with Gasteiger partial charge in [0.1, 0.15) is 12.9 Å². The van der Waals surface area contributed by atoms with Crippen molar-refractivity contribution in [1.82, 2.24) is 4.73 Å². The molecule has 5 heteroatoms. The van der Waals surface area contributed by atoms with Crippen LogP contribution in [0.15, 0.2) is 18.2 Å². The Balaban J connectivity index is 2.81. The van der Waals surface area contributed by atoms with Gasteiger partial charge < -0.3 is 14.7 Å². The first-order valence-electron chi connectivity index (χ1n) is 5.62. The summed E-state index contributed by atoms with van der Waals surface area (Å²) in [7, 11) is 3.08. The zero-order chi connectivity index (χ0) is 13.3. The van der Waals surface area contributed by atoms with Crippen LogP contribution in [0.4, 0.5) is 0 Å². The highest BCUT2D eigenvalue weighted by Gasteiger charge is 2.16. The third-order valence-corrected chi connectivity index (χ3v) is 2.92. The van der Waals surface area contributed by atoms with E-state index in [-0.39, 0.29) is 5.56 Å². The van der Waals surface area contributed by atoms with Gasteiger partial charge >= 0.3 is 5.97 Å². The Bertz CT molecular complexity index is 601. The molecule has 1 heterocycles. The maximum absolute atomic E-state index is 11.1. The quantitative estimate of drug-likeness (QED) is 0.899. The minimum absolute atomic E-state index is 0.179. The minimum atomic E-state index is -0.989. The Morgan fingerprint density at radius 1 is 1.33 bits per heavy atom. The molecule has 5 nitrogen and oxygen atoms in total. The monoisotopic (exact) mass is 249 g/mol. The third kappa shape index (κ3) is 1.77. The van der Waals surface area contributed by atoms with Crippen molar-refractivity contribution in [2.24, 2.45) is 0 Å². The number of aryl methyl sites for hydroxylation is 1. The molecule has 0 saturated heterocycles. The molecule has 1 N–H and O–H groups in total. The first-order chi connectivity index (χ1) is 8.62. The van der Waals surface area contributed by atoms with Crippen molar-refractivity contribution in [1.29, 1.82) is 0 Å². The van der Waals surface area contributed by atoms with E-state index in [0.717, 1.165) is 17.5 Å². The van der Waals surface area contributed by atoms with E-state index >= 15 is 0 Å². The number of carboxylic acids is 1. The summed E-state index contributed by atoms with van der Waals surface area (Å²) in [6.07, 6.45) is 0.786. The lowest BCUT2D eigenvalue weighted by molar-refractivity contribution is 0.0696. The SMILES string of the molecule is CCc1cc2c(OC)cc(C(=O)O)cc2n1OC. The van der Waals surface area contributed by atoms with Gasteiger partial charge in [-0.3, -0.25) is 0 Å². The maximum atomic E-state index is 11.1. The zero-order valence-corrected chi connectivity index (χ0v) is 10.6. The molecule has 1 aromatic heterocycles. The second-order valence-electron chi connectivity index (χ2n) is 3.88. The van der Waals surface area contributed by atoms with E-state index < -0.39 is 5.97 Å². The van der Waals surface area contributed by atoms with Gasteiger partial charge in [-0.05, 0) is 24.6 Å². The van der Waals surface area contributed by atoms with Crippen LogP contribution in [0.5, 0.6) is 5.75 Å². The van der Waals surface area contributed by atoms with Gasteiger partial charge in [-0.15, -0.1) is 0 Å². The van der Waals surface area contributed by atoms with Crippen LogP contribution >= 0.6 is 0 Å². The molecule has 0 aliphatic heterocycles. The predicted molar refractivity (Wildman–Crippen MR) is 67.3 cm³/mol. The average molecular weight is 249 g/mol. The summed E-state index contributed by atoms with van der Waals surface area (Å²) >= 11 is 0. The molecule has 0 atom stereocenters. The summed E-state index contributed by atoms with van der Waals surface area (Å²) in [5.74, 6) is -0.451. The van der Waals surface area contributed by atoms with Crippen LogP contribution in [0.1, 0.15) is 23.0 Å². The molecule has 0 aliphatic rings. The number of carboxylic acid groups (broad SMARTS) is 1. The second-order valence-corrected chi connectivity index (χ2v) is 3.88. The predicted octanol–water partition coefficient (Wildman–Crippen LogP) is 1.97. The van der Waals surface area contributed by atoms with Gasteiger partial charge in [-0.1, -0.05) is 6.92 Å². The largest absolute Gasteiger partial charge is 0.496 e. The van der Waals surface area contributed by atoms with Gasteiger partial charge in [0.15, 0.2) is 0 Å². The van der Waals surface area contributed by atoms with Crippen LogP contribution in [0.3, 0.4) is 0 Å². The Hall–Kier alpha value is -2.17. The molecule has 2 rings (SSSR count). The molecule has 0 aliphatic carbocycles. The molecular formula is C13H15NO4. The van der Waals surface area contributed by atoms with E-state index in [1.807, 2.05) is 13.0 Å². The second kappa shape index (κ2) is 4.60. The highest BCUT2D eigenvalue weighted by molar-refractivity contribution is 5.97. The fourth-order valence-corrected chi connectivity index (χ4v) is 2.06. The lowest BCUT2D eigenvalue weighted by atomic mass is 10.1. The molecule has 0 amide bonds. The first kappa shape index (κ1) is 12.3. The zero-order valence-electron chi connectivity index (χ0n) is 10.6. The molecule has 0 saturated carbocycles. The summed E-state index contributed by atoms with van der Waals surface area (Å²) in [6.45, 7) is 2.01. The molecule has 0 unspecified atom stereocenters. The molecule has 0 fully saturated rings. The summed E-state index contributed by atoms with van der Waals surface area (Å²) < 4.78 is 6.87. The van der Waals surface area contributed by atoms with Crippen molar-refractivity contribution in [3.8, 4) is 5.75 Å². The van der Waals surface area contributed by atoms with Crippen LogP contribution in [0.2, 0.25) is 0 Å². The lowest BCUT2D eigenvalue weighted by Gasteiger charge is -2.08. The molecular weight excluding hydrogens is 234 g/mol. The smallest absolute Gasteiger partial charge is 0.335 e. The highest BCUT2D eigenvalue weighted by atomic mass is 16.6. The van der Waals surface area contributed by atoms with Crippen molar-refractivity contribution in [3.63, 3.8) is 0 Å². The van der Waals surface area contributed by atoms with Crippen molar-refractivity contribution in [3.05, 3.63) is 29.5 Å². The molecule has 2 aromatic rings. The lowest BCUT2D eigenvalue weighted by Crippen LogP contribution is -2.09. The van der Waals surface area contributed by atoms with Crippen molar-refractivity contribution < 1.29 is 19.5 Å². The van der Waals surface area contributed by atoms with Crippen LogP contribution in [0.25, 0.3) is 10.9 Å². The molecule has 0 bridgehead atoms. The average Bonchev–Trinajstić information content (AvgIpc) is 2.74. The number of aromatic carboxylic acids is 1. The molecule has 18 heavy (non-hydrogen) atoms. The van der Waals surface area contributed by atoms with E-state index in [0.29, 0.717) is 11.3 Å². The van der Waals surface area contributed by atoms with Crippen LogP contribution < -0.4 is 9.57 Å². The number of methoxy groups -OCH3 is 1. The van der Waals surface area contributed by atoms with Gasteiger partial charge in [-0.2, -0.15) is 4.73 Å². The van der Waals surface area contributed by atoms with Gasteiger partial charge in [0.25, 0.3) is 0 Å². The number of carbonyl (C=O) groups is 1.